The van der Waals surface area contributed by atoms with Gasteiger partial charge in [-0.3, -0.25) is 0 Å². The Hall–Kier alpha value is -3.52. The number of alkyl halides is 3. The van der Waals surface area contributed by atoms with Crippen LogP contribution in [0.2, 0.25) is 5.02 Å². The second-order valence-corrected chi connectivity index (χ2v) is 14.7. The number of sulfonamides is 1. The topological polar surface area (TPSA) is 150 Å². The number of halogens is 4. The highest BCUT2D eigenvalue weighted by Crippen LogP contribution is 2.33. The smallest absolute Gasteiger partial charge is 0.381 e. The van der Waals surface area contributed by atoms with Gasteiger partial charge >= 0.3 is 6.18 Å². The lowest BCUT2D eigenvalue weighted by molar-refractivity contribution is -0.137. The van der Waals surface area contributed by atoms with Crippen LogP contribution in [0.3, 0.4) is 0 Å². The van der Waals surface area contributed by atoms with E-state index < -0.39 is 27.2 Å². The molecule has 4 N–H and O–H groups in total. The van der Waals surface area contributed by atoms with Crippen molar-refractivity contribution in [3.8, 4) is 17.3 Å². The molecule has 3 aromatic rings. The molecule has 16 heteroatoms. The summed E-state index contributed by atoms with van der Waals surface area (Å²) in [5, 5.41) is 20.6. The number of nitrogens with zero attached hydrogens (tertiary/aromatic N) is 3. The molecule has 0 amide bonds. The maximum Gasteiger partial charge on any atom is 0.416 e. The summed E-state index contributed by atoms with van der Waals surface area (Å²) in [6, 6.07) is 14.0. The summed E-state index contributed by atoms with van der Waals surface area (Å²) in [4.78, 5) is 9.02. The highest BCUT2D eigenvalue weighted by Gasteiger charge is 2.33. The van der Waals surface area contributed by atoms with Crippen LogP contribution in [0, 0.1) is 16.7 Å². The highest BCUT2D eigenvalue weighted by molar-refractivity contribution is 7.89. The van der Waals surface area contributed by atoms with E-state index in [1.54, 1.807) is 6.20 Å². The van der Waals surface area contributed by atoms with E-state index in [1.165, 1.54) is 0 Å². The third-order valence-electron chi connectivity index (χ3n) is 8.96. The van der Waals surface area contributed by atoms with Crippen molar-refractivity contribution in [1.82, 2.24) is 20.0 Å². The number of anilines is 2. The largest absolute Gasteiger partial charge is 0.416 e. The molecule has 2 fully saturated rings. The first-order valence-corrected chi connectivity index (χ1v) is 18.4. The zero-order valence-corrected chi connectivity index (χ0v) is 29.0. The maximum absolute atomic E-state index is 12.7. The number of ether oxygens (including phenoxy) is 2. The Balaban J connectivity index is 1.00. The van der Waals surface area contributed by atoms with Crippen molar-refractivity contribution in [1.29, 1.82) is 5.26 Å². The molecule has 1 saturated heterocycles. The normalized spacial score (nSPS) is 19.4. The Morgan fingerprint density at radius 3 is 2.40 bits per heavy atom. The summed E-state index contributed by atoms with van der Waals surface area (Å²) in [6.07, 6.45) is 2.25. The minimum Gasteiger partial charge on any atom is -0.381 e. The maximum atomic E-state index is 12.7. The van der Waals surface area contributed by atoms with Gasteiger partial charge in [-0.2, -0.15) is 18.4 Å². The first kappa shape index (κ1) is 37.7. The van der Waals surface area contributed by atoms with Gasteiger partial charge in [-0.05, 0) is 81.0 Å². The molecule has 2 aliphatic rings. The molecule has 1 aliphatic heterocycles. The van der Waals surface area contributed by atoms with Gasteiger partial charge in [-0.25, -0.2) is 23.1 Å². The van der Waals surface area contributed by atoms with Crippen LogP contribution < -0.4 is 20.7 Å². The van der Waals surface area contributed by atoms with Crippen LogP contribution >= 0.6 is 11.6 Å². The van der Waals surface area contributed by atoms with E-state index in [1.807, 2.05) is 24.3 Å². The number of rotatable bonds is 15. The van der Waals surface area contributed by atoms with Crippen molar-refractivity contribution >= 4 is 33.3 Å². The lowest BCUT2D eigenvalue weighted by Gasteiger charge is -2.30. The number of nitriles is 1. The lowest BCUT2D eigenvalue weighted by atomic mass is 9.82. The Bertz CT molecular complexity index is 1710. The highest BCUT2D eigenvalue weighted by atomic mass is 35.5. The molecule has 3 heterocycles. The molecule has 0 spiro atoms. The molecule has 50 heavy (non-hydrogen) atoms. The summed E-state index contributed by atoms with van der Waals surface area (Å²) < 4.78 is 76.2. The van der Waals surface area contributed by atoms with E-state index in [0.717, 1.165) is 55.5 Å². The molecule has 0 bridgehead atoms. The van der Waals surface area contributed by atoms with E-state index in [9.17, 15) is 26.9 Å². The molecule has 0 radical (unpaired) electrons. The quantitative estimate of drug-likeness (QED) is 0.140. The summed E-state index contributed by atoms with van der Waals surface area (Å²) in [5.41, 5.74) is 0.0822. The molecule has 5 rings (SSSR count). The summed E-state index contributed by atoms with van der Waals surface area (Å²) >= 11 is 6.55. The van der Waals surface area contributed by atoms with Crippen molar-refractivity contribution in [2.75, 3.05) is 56.7 Å². The van der Waals surface area contributed by atoms with Crippen molar-refractivity contribution in [3.05, 3.63) is 65.3 Å². The van der Waals surface area contributed by atoms with Gasteiger partial charge in [-0.1, -0.05) is 17.7 Å². The van der Waals surface area contributed by atoms with Gasteiger partial charge in [0.15, 0.2) is 0 Å². The van der Waals surface area contributed by atoms with Gasteiger partial charge in [0.05, 0.1) is 45.9 Å². The number of aromatic nitrogens is 2. The van der Waals surface area contributed by atoms with Gasteiger partial charge in [-0.15, -0.1) is 0 Å². The van der Waals surface area contributed by atoms with E-state index in [-0.39, 0.29) is 24.1 Å². The fourth-order valence-electron chi connectivity index (χ4n) is 5.99. The molecule has 11 nitrogen and oxygen atoms in total. The van der Waals surface area contributed by atoms with Crippen LogP contribution in [-0.2, 0) is 25.7 Å². The third-order valence-corrected chi connectivity index (χ3v) is 10.7. The van der Waals surface area contributed by atoms with Gasteiger partial charge in [0.25, 0.3) is 0 Å². The van der Waals surface area contributed by atoms with E-state index in [0.29, 0.717) is 74.1 Å². The van der Waals surface area contributed by atoms with Gasteiger partial charge in [0.2, 0.25) is 10.0 Å². The minimum absolute atomic E-state index is 0.00186. The molecule has 1 aromatic carbocycles. The van der Waals surface area contributed by atoms with Gasteiger partial charge in [0, 0.05) is 56.7 Å². The predicted molar refractivity (Wildman–Crippen MR) is 184 cm³/mol. The van der Waals surface area contributed by atoms with Crippen molar-refractivity contribution in [3.63, 3.8) is 0 Å². The molecule has 0 unspecified atom stereocenters. The first-order valence-electron chi connectivity index (χ1n) is 16.6. The van der Waals surface area contributed by atoms with Crippen LogP contribution in [0.25, 0.3) is 11.3 Å². The van der Waals surface area contributed by atoms with Crippen LogP contribution in [0.15, 0.2) is 59.6 Å². The van der Waals surface area contributed by atoms with Crippen LogP contribution in [-0.4, -0.2) is 76.5 Å². The molecule has 1 aliphatic carbocycles. The van der Waals surface area contributed by atoms with Crippen LogP contribution in [0.5, 0.6) is 0 Å². The van der Waals surface area contributed by atoms with Crippen molar-refractivity contribution in [2.45, 2.75) is 61.7 Å². The SMILES string of the molecule is N#CC1(CNc2cccc(-c3cc(N[C@H]4CC[C@H](NCCOCCNS(=O)(=O)c5ccc(C(F)(F)F)cc5)CC4)ncc3Cl)n2)CCOCC1. The second kappa shape index (κ2) is 17.1. The lowest BCUT2D eigenvalue weighted by Crippen LogP contribution is -2.38. The Morgan fingerprint density at radius 1 is 1.00 bits per heavy atom. The fourth-order valence-corrected chi connectivity index (χ4v) is 7.20. The van der Waals surface area contributed by atoms with Crippen LogP contribution in [0.4, 0.5) is 24.8 Å². The summed E-state index contributed by atoms with van der Waals surface area (Å²) in [5.74, 6) is 1.39. The molecular weight excluding hydrogens is 695 g/mol. The van der Waals surface area contributed by atoms with Gasteiger partial charge in [0.1, 0.15) is 11.6 Å². The zero-order valence-electron chi connectivity index (χ0n) is 27.4. The van der Waals surface area contributed by atoms with E-state index >= 15 is 0 Å². The monoisotopic (exact) mass is 735 g/mol. The third kappa shape index (κ3) is 10.5. The molecule has 0 atom stereocenters. The fraction of sp³-hybridized carbons (Fsp3) is 0.500. The van der Waals surface area contributed by atoms with E-state index in [4.69, 9.17) is 26.1 Å². The number of hydrogen-bond acceptors (Lipinski definition) is 10. The Kier molecular flexibility index (Phi) is 12.9. The summed E-state index contributed by atoms with van der Waals surface area (Å²) in [7, 11) is -3.94. The zero-order chi connectivity index (χ0) is 35.6. The first-order chi connectivity index (χ1) is 24.0. The minimum atomic E-state index is -4.53. The Morgan fingerprint density at radius 2 is 1.70 bits per heavy atom. The van der Waals surface area contributed by atoms with Crippen molar-refractivity contribution in [2.24, 2.45) is 5.41 Å². The standard InChI is InChI=1S/C34H41ClF3N7O4S/c35-29-21-41-32(20-28(29)30-2-1-3-31(45-30)42-23-33(22-39)12-16-48-17-13-33)44-26-8-6-25(7-9-26)40-14-18-49-19-15-43-50(46,47)27-10-4-24(5-11-27)34(36,37)38/h1-5,10-11,20-21,25-26,40,43H,6-9,12-19,23H2,(H,41,44)(H,42,45)/t25-,26-. The molecular formula is C34H41ClF3N7O4S. The molecule has 270 valence electrons. The van der Waals surface area contributed by atoms with Gasteiger partial charge < -0.3 is 25.4 Å². The average molecular weight is 736 g/mol. The number of pyridine rings is 2. The Labute approximate surface area is 295 Å². The predicted octanol–water partition coefficient (Wildman–Crippen LogP) is 5.86. The average Bonchev–Trinajstić information content (AvgIpc) is 3.12. The molecule has 2 aromatic heterocycles. The molecule has 1 saturated carbocycles. The van der Waals surface area contributed by atoms with E-state index in [2.05, 4.69) is 31.7 Å². The summed E-state index contributed by atoms with van der Waals surface area (Å²) in [6.45, 7) is 2.76. The number of nitrogens with one attached hydrogen (secondary N) is 4. The number of hydrogen-bond donors (Lipinski definition) is 4. The van der Waals surface area contributed by atoms with Crippen LogP contribution in [0.1, 0.15) is 44.1 Å². The number of benzene rings is 1. The second-order valence-electron chi connectivity index (χ2n) is 12.5. The van der Waals surface area contributed by atoms with Crippen molar-refractivity contribution < 1.29 is 31.1 Å².